The highest BCUT2D eigenvalue weighted by Gasteiger charge is 2.09. The van der Waals surface area contributed by atoms with Crippen LogP contribution in [0.5, 0.6) is 0 Å². The third-order valence-electron chi connectivity index (χ3n) is 2.82. The van der Waals surface area contributed by atoms with E-state index in [0.29, 0.717) is 17.2 Å². The zero-order valence-electron chi connectivity index (χ0n) is 11.7. The molecule has 0 saturated carbocycles. The first-order valence-electron chi connectivity index (χ1n) is 6.59. The van der Waals surface area contributed by atoms with Crippen LogP contribution in [0.4, 0.5) is 11.6 Å². The van der Waals surface area contributed by atoms with Crippen LogP contribution in [-0.4, -0.2) is 15.9 Å². The number of pyridine rings is 2. The zero-order chi connectivity index (χ0) is 14.5. The molecule has 0 aliphatic rings. The van der Waals surface area contributed by atoms with Crippen LogP contribution >= 0.6 is 0 Å². The fraction of sp³-hybridized carbons (Fsp3) is 0.267. The molecule has 0 aliphatic carbocycles. The summed E-state index contributed by atoms with van der Waals surface area (Å²) in [5, 5.41) is 2.75. The van der Waals surface area contributed by atoms with E-state index in [9.17, 15) is 4.79 Å². The highest BCUT2D eigenvalue weighted by atomic mass is 16.1. The minimum absolute atomic E-state index is 0.229. The Morgan fingerprint density at radius 1 is 1.35 bits per heavy atom. The van der Waals surface area contributed by atoms with Crippen molar-refractivity contribution >= 4 is 17.5 Å². The molecule has 2 aromatic heterocycles. The number of nitrogen functional groups attached to an aromatic ring is 1. The lowest BCUT2D eigenvalue weighted by Gasteiger charge is -2.07. The molecule has 5 heteroatoms. The number of aryl methyl sites for hydroxylation is 2. The predicted octanol–water partition coefficient (Wildman–Crippen LogP) is 2.57. The summed E-state index contributed by atoms with van der Waals surface area (Å²) in [6.07, 6.45) is 3.46. The summed E-state index contributed by atoms with van der Waals surface area (Å²) in [7, 11) is 0. The number of amides is 1. The van der Waals surface area contributed by atoms with Crippen molar-refractivity contribution in [1.82, 2.24) is 9.97 Å². The van der Waals surface area contributed by atoms with Gasteiger partial charge in [0.1, 0.15) is 11.6 Å². The van der Waals surface area contributed by atoms with Gasteiger partial charge in [0, 0.05) is 17.5 Å². The number of anilines is 2. The molecule has 0 aromatic carbocycles. The Balaban J connectivity index is 2.18. The number of aromatic nitrogens is 2. The van der Waals surface area contributed by atoms with E-state index < -0.39 is 0 Å². The summed E-state index contributed by atoms with van der Waals surface area (Å²) in [4.78, 5) is 20.5. The number of carbonyl (C=O) groups is 1. The molecule has 0 spiro atoms. The van der Waals surface area contributed by atoms with Crippen molar-refractivity contribution in [2.45, 2.75) is 26.7 Å². The summed E-state index contributed by atoms with van der Waals surface area (Å²) in [5.41, 5.74) is 8.11. The van der Waals surface area contributed by atoms with E-state index in [2.05, 4.69) is 22.2 Å². The number of nitrogens with zero attached hydrogens (tertiary/aromatic N) is 2. The second kappa shape index (κ2) is 6.14. The van der Waals surface area contributed by atoms with Crippen LogP contribution in [0.3, 0.4) is 0 Å². The van der Waals surface area contributed by atoms with Gasteiger partial charge in [-0.25, -0.2) is 9.97 Å². The summed E-state index contributed by atoms with van der Waals surface area (Å²) in [6.45, 7) is 4.00. The average molecular weight is 270 g/mol. The number of carbonyl (C=O) groups excluding carboxylic acids is 1. The predicted molar refractivity (Wildman–Crippen MR) is 79.6 cm³/mol. The summed E-state index contributed by atoms with van der Waals surface area (Å²) in [6, 6.07) is 7.00. The van der Waals surface area contributed by atoms with Crippen molar-refractivity contribution in [1.29, 1.82) is 0 Å². The van der Waals surface area contributed by atoms with Crippen LogP contribution in [0, 0.1) is 6.92 Å². The van der Waals surface area contributed by atoms with Crippen LogP contribution < -0.4 is 11.1 Å². The van der Waals surface area contributed by atoms with Gasteiger partial charge in [-0.2, -0.15) is 0 Å². The van der Waals surface area contributed by atoms with Gasteiger partial charge in [0.25, 0.3) is 5.91 Å². The Morgan fingerprint density at radius 3 is 2.80 bits per heavy atom. The standard InChI is InChI=1S/C15H18N4O/c1-3-4-12-7-11(8-13(16)18-12)15(20)19-14-6-5-10(2)9-17-14/h5-9H,3-4H2,1-2H3,(H2,16,18)(H,17,19,20). The molecule has 2 aromatic rings. The SMILES string of the molecule is CCCc1cc(C(=O)Nc2ccc(C)cn2)cc(N)n1. The maximum absolute atomic E-state index is 12.2. The van der Waals surface area contributed by atoms with Gasteiger partial charge in [-0.3, -0.25) is 4.79 Å². The van der Waals surface area contributed by atoms with Gasteiger partial charge < -0.3 is 11.1 Å². The molecule has 0 radical (unpaired) electrons. The van der Waals surface area contributed by atoms with Crippen molar-refractivity contribution < 1.29 is 4.79 Å². The van der Waals surface area contributed by atoms with Crippen LogP contribution in [-0.2, 0) is 6.42 Å². The lowest BCUT2D eigenvalue weighted by Crippen LogP contribution is -2.14. The van der Waals surface area contributed by atoms with Crippen molar-refractivity contribution in [3.8, 4) is 0 Å². The first-order valence-corrected chi connectivity index (χ1v) is 6.59. The van der Waals surface area contributed by atoms with Gasteiger partial charge in [0.15, 0.2) is 0 Å². The zero-order valence-corrected chi connectivity index (χ0v) is 11.7. The minimum Gasteiger partial charge on any atom is -0.384 e. The molecule has 0 bridgehead atoms. The highest BCUT2D eigenvalue weighted by molar-refractivity contribution is 6.04. The normalized spacial score (nSPS) is 10.3. The lowest BCUT2D eigenvalue weighted by atomic mass is 10.1. The summed E-state index contributed by atoms with van der Waals surface area (Å²) in [5.74, 6) is 0.652. The largest absolute Gasteiger partial charge is 0.384 e. The van der Waals surface area contributed by atoms with E-state index in [-0.39, 0.29) is 5.91 Å². The first kappa shape index (κ1) is 14.0. The van der Waals surface area contributed by atoms with Crippen molar-refractivity contribution in [2.24, 2.45) is 0 Å². The van der Waals surface area contributed by atoms with Crippen LogP contribution in [0.15, 0.2) is 30.5 Å². The van der Waals surface area contributed by atoms with E-state index in [4.69, 9.17) is 5.73 Å². The fourth-order valence-electron chi connectivity index (χ4n) is 1.86. The van der Waals surface area contributed by atoms with E-state index in [0.717, 1.165) is 24.1 Å². The van der Waals surface area contributed by atoms with Crippen LogP contribution in [0.25, 0.3) is 0 Å². The van der Waals surface area contributed by atoms with Gasteiger partial charge in [0.2, 0.25) is 0 Å². The monoisotopic (exact) mass is 270 g/mol. The summed E-state index contributed by atoms with van der Waals surface area (Å²) < 4.78 is 0. The van der Waals surface area contributed by atoms with Gasteiger partial charge >= 0.3 is 0 Å². The van der Waals surface area contributed by atoms with Crippen molar-refractivity contribution in [3.05, 3.63) is 47.3 Å². The minimum atomic E-state index is -0.229. The Bertz CT molecular complexity index is 608. The van der Waals surface area contributed by atoms with Gasteiger partial charge in [-0.15, -0.1) is 0 Å². The molecule has 3 N–H and O–H groups in total. The topological polar surface area (TPSA) is 80.9 Å². The second-order valence-electron chi connectivity index (χ2n) is 4.70. The maximum Gasteiger partial charge on any atom is 0.257 e. The molecule has 0 unspecified atom stereocenters. The molecule has 1 amide bonds. The highest BCUT2D eigenvalue weighted by Crippen LogP contribution is 2.12. The van der Waals surface area contributed by atoms with Gasteiger partial charge in [-0.05, 0) is 37.1 Å². The number of hydrogen-bond acceptors (Lipinski definition) is 4. The number of rotatable bonds is 4. The van der Waals surface area contributed by atoms with Crippen LogP contribution in [0.1, 0.15) is 35.0 Å². The lowest BCUT2D eigenvalue weighted by molar-refractivity contribution is 0.102. The van der Waals surface area contributed by atoms with E-state index in [1.807, 2.05) is 13.0 Å². The van der Waals surface area contributed by atoms with E-state index in [1.165, 1.54) is 0 Å². The summed E-state index contributed by atoms with van der Waals surface area (Å²) >= 11 is 0. The number of hydrogen-bond donors (Lipinski definition) is 2. The Morgan fingerprint density at radius 2 is 2.15 bits per heavy atom. The molecule has 20 heavy (non-hydrogen) atoms. The molecule has 104 valence electrons. The molecule has 5 nitrogen and oxygen atoms in total. The quantitative estimate of drug-likeness (QED) is 0.894. The number of nitrogens with two attached hydrogens (primary N) is 1. The Labute approximate surface area is 118 Å². The van der Waals surface area contributed by atoms with Crippen molar-refractivity contribution in [3.63, 3.8) is 0 Å². The van der Waals surface area contributed by atoms with E-state index >= 15 is 0 Å². The molecular weight excluding hydrogens is 252 g/mol. The molecule has 0 fully saturated rings. The third-order valence-corrected chi connectivity index (χ3v) is 2.82. The molecule has 0 atom stereocenters. The fourth-order valence-corrected chi connectivity index (χ4v) is 1.86. The molecule has 2 rings (SSSR count). The first-order chi connectivity index (χ1) is 9.58. The third kappa shape index (κ3) is 3.54. The van der Waals surface area contributed by atoms with Gasteiger partial charge in [-0.1, -0.05) is 19.4 Å². The smallest absolute Gasteiger partial charge is 0.257 e. The van der Waals surface area contributed by atoms with Gasteiger partial charge in [0.05, 0.1) is 0 Å². The van der Waals surface area contributed by atoms with E-state index in [1.54, 1.807) is 24.4 Å². The second-order valence-corrected chi connectivity index (χ2v) is 4.70. The molecule has 2 heterocycles. The molecular formula is C15H18N4O. The Kier molecular flexibility index (Phi) is 4.30. The average Bonchev–Trinajstić information content (AvgIpc) is 2.41. The van der Waals surface area contributed by atoms with Crippen LogP contribution in [0.2, 0.25) is 0 Å². The Hall–Kier alpha value is -2.43. The number of nitrogens with one attached hydrogen (secondary N) is 1. The molecule has 0 saturated heterocycles. The maximum atomic E-state index is 12.2. The molecule has 0 aliphatic heterocycles. The van der Waals surface area contributed by atoms with Crippen molar-refractivity contribution in [2.75, 3.05) is 11.1 Å².